The molecule has 0 radical (unpaired) electrons. The van der Waals surface area contributed by atoms with E-state index in [-0.39, 0.29) is 5.97 Å². The van der Waals surface area contributed by atoms with Crippen molar-refractivity contribution in [1.82, 2.24) is 0 Å². The van der Waals surface area contributed by atoms with Crippen LogP contribution in [-0.2, 0) is 9.53 Å². The summed E-state index contributed by atoms with van der Waals surface area (Å²) in [5.74, 6) is 0.390. The topological polar surface area (TPSA) is 35.5 Å². The van der Waals surface area contributed by atoms with Gasteiger partial charge in [0.1, 0.15) is 11.4 Å². The molecule has 0 bridgehead atoms. The van der Waals surface area contributed by atoms with Crippen molar-refractivity contribution in [2.75, 3.05) is 0 Å². The molecular formula is C16H24O3. The third-order valence-corrected chi connectivity index (χ3v) is 2.66. The highest BCUT2D eigenvalue weighted by Gasteiger charge is 2.35. The minimum Gasteiger partial charge on any atom is -0.476 e. The summed E-state index contributed by atoms with van der Waals surface area (Å²) in [6.45, 7) is 12.9. The molecule has 0 spiro atoms. The smallest absolute Gasteiger partial charge is 0.350 e. The minimum atomic E-state index is -1.01. The first-order valence-electron chi connectivity index (χ1n) is 6.51. The van der Waals surface area contributed by atoms with Gasteiger partial charge in [-0.3, -0.25) is 0 Å². The summed E-state index contributed by atoms with van der Waals surface area (Å²) >= 11 is 0. The van der Waals surface area contributed by atoms with Crippen LogP contribution in [0.25, 0.3) is 0 Å². The molecule has 0 aliphatic heterocycles. The standard InChI is InChI=1S/C16H24O3/c1-11-9-8-10-12(2)13(11)18-16(6,7)14(17)19-15(3,4)5/h8-10H,1-7H3. The predicted octanol–water partition coefficient (Wildman–Crippen LogP) is 3.80. The highest BCUT2D eigenvalue weighted by atomic mass is 16.6. The summed E-state index contributed by atoms with van der Waals surface area (Å²) < 4.78 is 11.3. The molecule has 0 atom stereocenters. The first-order valence-corrected chi connectivity index (χ1v) is 6.51. The Morgan fingerprint density at radius 1 is 1.00 bits per heavy atom. The number of benzene rings is 1. The number of carbonyl (C=O) groups excluding carboxylic acids is 1. The maximum absolute atomic E-state index is 12.2. The molecule has 0 heterocycles. The van der Waals surface area contributed by atoms with E-state index in [1.165, 1.54) is 0 Å². The lowest BCUT2D eigenvalue weighted by atomic mass is 10.1. The Labute approximate surface area is 115 Å². The van der Waals surface area contributed by atoms with Gasteiger partial charge in [0, 0.05) is 0 Å². The molecule has 1 aromatic carbocycles. The van der Waals surface area contributed by atoms with Crippen molar-refractivity contribution in [3.8, 4) is 5.75 Å². The summed E-state index contributed by atoms with van der Waals surface area (Å²) in [7, 11) is 0. The van der Waals surface area contributed by atoms with Crippen LogP contribution in [0.15, 0.2) is 18.2 Å². The molecule has 0 saturated carbocycles. The van der Waals surface area contributed by atoms with Crippen molar-refractivity contribution in [3.63, 3.8) is 0 Å². The van der Waals surface area contributed by atoms with Gasteiger partial charge in [0.05, 0.1) is 0 Å². The van der Waals surface area contributed by atoms with Gasteiger partial charge in [-0.25, -0.2) is 4.79 Å². The summed E-state index contributed by atoms with van der Waals surface area (Å²) in [5.41, 5.74) is 0.496. The molecule has 106 valence electrons. The SMILES string of the molecule is Cc1cccc(C)c1OC(C)(C)C(=O)OC(C)(C)C. The van der Waals surface area contributed by atoms with E-state index >= 15 is 0 Å². The molecular weight excluding hydrogens is 240 g/mol. The average molecular weight is 264 g/mol. The monoisotopic (exact) mass is 264 g/mol. The van der Waals surface area contributed by atoms with E-state index in [0.29, 0.717) is 0 Å². The van der Waals surface area contributed by atoms with E-state index in [0.717, 1.165) is 16.9 Å². The van der Waals surface area contributed by atoms with Gasteiger partial charge in [-0.2, -0.15) is 0 Å². The lowest BCUT2D eigenvalue weighted by molar-refractivity contribution is -0.171. The molecule has 0 aliphatic carbocycles. The molecule has 0 aliphatic rings. The van der Waals surface area contributed by atoms with Crippen LogP contribution in [0.1, 0.15) is 45.7 Å². The quantitative estimate of drug-likeness (QED) is 0.779. The van der Waals surface area contributed by atoms with Crippen molar-refractivity contribution in [1.29, 1.82) is 0 Å². The maximum atomic E-state index is 12.2. The summed E-state index contributed by atoms with van der Waals surface area (Å²) in [5, 5.41) is 0. The number of carbonyl (C=O) groups is 1. The van der Waals surface area contributed by atoms with E-state index in [9.17, 15) is 4.79 Å². The summed E-state index contributed by atoms with van der Waals surface area (Å²) in [6, 6.07) is 5.90. The van der Waals surface area contributed by atoms with Crippen molar-refractivity contribution < 1.29 is 14.3 Å². The van der Waals surface area contributed by atoms with E-state index in [1.54, 1.807) is 13.8 Å². The van der Waals surface area contributed by atoms with Crippen molar-refractivity contribution in [2.24, 2.45) is 0 Å². The van der Waals surface area contributed by atoms with E-state index in [4.69, 9.17) is 9.47 Å². The molecule has 0 amide bonds. The highest BCUT2D eigenvalue weighted by Crippen LogP contribution is 2.28. The van der Waals surface area contributed by atoms with Crippen LogP contribution in [0.2, 0.25) is 0 Å². The van der Waals surface area contributed by atoms with Gasteiger partial charge in [0.2, 0.25) is 0 Å². The van der Waals surface area contributed by atoms with Crippen LogP contribution in [-0.4, -0.2) is 17.2 Å². The van der Waals surface area contributed by atoms with Crippen molar-refractivity contribution in [2.45, 2.75) is 59.7 Å². The number of aryl methyl sites for hydroxylation is 2. The molecule has 3 nitrogen and oxygen atoms in total. The molecule has 0 N–H and O–H groups in total. The maximum Gasteiger partial charge on any atom is 0.350 e. The summed E-state index contributed by atoms with van der Waals surface area (Å²) in [6.07, 6.45) is 0. The average Bonchev–Trinajstić information content (AvgIpc) is 2.21. The Balaban J connectivity index is 2.93. The Kier molecular flexibility index (Phi) is 4.28. The van der Waals surface area contributed by atoms with E-state index < -0.39 is 11.2 Å². The zero-order valence-electron chi connectivity index (χ0n) is 13.0. The zero-order chi connectivity index (χ0) is 14.8. The van der Waals surface area contributed by atoms with E-state index in [2.05, 4.69) is 0 Å². The molecule has 0 unspecified atom stereocenters. The first-order chi connectivity index (χ1) is 8.53. The van der Waals surface area contributed by atoms with Crippen molar-refractivity contribution >= 4 is 5.97 Å². The third kappa shape index (κ3) is 4.27. The zero-order valence-corrected chi connectivity index (χ0v) is 13.0. The third-order valence-electron chi connectivity index (χ3n) is 2.66. The van der Waals surface area contributed by atoms with Gasteiger partial charge in [0.15, 0.2) is 5.60 Å². The Bertz CT molecular complexity index is 447. The number of para-hydroxylation sites is 1. The van der Waals surface area contributed by atoms with Crippen LogP contribution in [0, 0.1) is 13.8 Å². The number of ether oxygens (including phenoxy) is 2. The van der Waals surface area contributed by atoms with E-state index in [1.807, 2.05) is 52.8 Å². The molecule has 0 aromatic heterocycles. The second-order valence-electron chi connectivity index (χ2n) is 6.34. The fraction of sp³-hybridized carbons (Fsp3) is 0.562. The van der Waals surface area contributed by atoms with Crippen LogP contribution in [0.5, 0.6) is 5.75 Å². The van der Waals surface area contributed by atoms with Crippen molar-refractivity contribution in [3.05, 3.63) is 29.3 Å². The van der Waals surface area contributed by atoms with Crippen LogP contribution < -0.4 is 4.74 Å². The lowest BCUT2D eigenvalue weighted by Gasteiger charge is -2.30. The van der Waals surface area contributed by atoms with Crippen LogP contribution in [0.4, 0.5) is 0 Å². The number of rotatable bonds is 3. The fourth-order valence-corrected chi connectivity index (χ4v) is 1.66. The first kappa shape index (κ1) is 15.5. The number of hydrogen-bond acceptors (Lipinski definition) is 3. The van der Waals surface area contributed by atoms with Crippen LogP contribution in [0.3, 0.4) is 0 Å². The second-order valence-corrected chi connectivity index (χ2v) is 6.34. The highest BCUT2D eigenvalue weighted by molar-refractivity contribution is 5.79. The van der Waals surface area contributed by atoms with Crippen LogP contribution >= 0.6 is 0 Å². The van der Waals surface area contributed by atoms with Gasteiger partial charge in [0.25, 0.3) is 0 Å². The molecule has 0 fully saturated rings. The van der Waals surface area contributed by atoms with Gasteiger partial charge in [-0.15, -0.1) is 0 Å². The van der Waals surface area contributed by atoms with Gasteiger partial charge in [-0.1, -0.05) is 18.2 Å². The molecule has 1 rings (SSSR count). The molecule has 1 aromatic rings. The molecule has 0 saturated heterocycles. The predicted molar refractivity (Wildman–Crippen MR) is 76.5 cm³/mol. The Morgan fingerprint density at radius 2 is 1.47 bits per heavy atom. The Morgan fingerprint density at radius 3 is 1.89 bits per heavy atom. The lowest BCUT2D eigenvalue weighted by Crippen LogP contribution is -2.43. The fourth-order valence-electron chi connectivity index (χ4n) is 1.66. The van der Waals surface area contributed by atoms with Gasteiger partial charge >= 0.3 is 5.97 Å². The summed E-state index contributed by atoms with van der Waals surface area (Å²) in [4.78, 5) is 12.2. The normalized spacial score (nSPS) is 12.2. The molecule has 19 heavy (non-hydrogen) atoms. The Hall–Kier alpha value is -1.51. The minimum absolute atomic E-state index is 0.359. The number of hydrogen-bond donors (Lipinski definition) is 0. The second kappa shape index (κ2) is 5.24. The van der Waals surface area contributed by atoms with Gasteiger partial charge < -0.3 is 9.47 Å². The van der Waals surface area contributed by atoms with Gasteiger partial charge in [-0.05, 0) is 59.6 Å². The molecule has 3 heteroatoms. The largest absolute Gasteiger partial charge is 0.476 e. The number of esters is 1.